The summed E-state index contributed by atoms with van der Waals surface area (Å²) in [4.78, 5) is 0. The van der Waals surface area contributed by atoms with Crippen LogP contribution in [0, 0.1) is 6.92 Å². The third-order valence-corrected chi connectivity index (χ3v) is 3.08. The van der Waals surface area contributed by atoms with Gasteiger partial charge < -0.3 is 0 Å². The zero-order valence-corrected chi connectivity index (χ0v) is 9.09. The van der Waals surface area contributed by atoms with Crippen molar-refractivity contribution < 1.29 is 0 Å². The fourth-order valence-electron chi connectivity index (χ4n) is 0.821. The quantitative estimate of drug-likeness (QED) is 0.659. The summed E-state index contributed by atoms with van der Waals surface area (Å²) in [5.41, 5.74) is 2.03. The standard InChI is InChI=1S/C8H7BrCl2/c1-5-7(10)3-2-6(4-9)8(5)11/h2-3H,4H2,1H3. The first-order chi connectivity index (χ1) is 5.16. The first-order valence-electron chi connectivity index (χ1n) is 3.16. The van der Waals surface area contributed by atoms with Crippen LogP contribution in [0.1, 0.15) is 11.1 Å². The smallest absolute Gasteiger partial charge is 0.0490 e. The lowest BCUT2D eigenvalue weighted by molar-refractivity contribution is 1.37. The van der Waals surface area contributed by atoms with Crippen molar-refractivity contribution in [3.8, 4) is 0 Å². The zero-order valence-electron chi connectivity index (χ0n) is 6.00. The molecule has 0 bridgehead atoms. The van der Waals surface area contributed by atoms with Crippen molar-refractivity contribution >= 4 is 39.1 Å². The predicted octanol–water partition coefficient (Wildman–Crippen LogP) is 4.20. The molecule has 11 heavy (non-hydrogen) atoms. The van der Waals surface area contributed by atoms with E-state index in [1.54, 1.807) is 0 Å². The Morgan fingerprint density at radius 2 is 2.00 bits per heavy atom. The van der Waals surface area contributed by atoms with Crippen molar-refractivity contribution in [2.45, 2.75) is 12.3 Å². The second-order valence-electron chi connectivity index (χ2n) is 2.28. The monoisotopic (exact) mass is 252 g/mol. The van der Waals surface area contributed by atoms with E-state index in [-0.39, 0.29) is 0 Å². The molecular weight excluding hydrogens is 247 g/mol. The Kier molecular flexibility index (Phi) is 3.23. The average Bonchev–Trinajstić information content (AvgIpc) is 2.01. The molecule has 0 spiro atoms. The van der Waals surface area contributed by atoms with Crippen molar-refractivity contribution in [1.29, 1.82) is 0 Å². The molecule has 0 heterocycles. The Morgan fingerprint density at radius 1 is 1.36 bits per heavy atom. The number of rotatable bonds is 1. The van der Waals surface area contributed by atoms with Crippen molar-refractivity contribution in [2.24, 2.45) is 0 Å². The van der Waals surface area contributed by atoms with Crippen molar-refractivity contribution in [3.05, 3.63) is 33.3 Å². The first kappa shape index (κ1) is 9.37. The molecule has 0 N–H and O–H groups in total. The Balaban J connectivity index is 3.25. The topological polar surface area (TPSA) is 0 Å². The largest absolute Gasteiger partial charge is 0.0876 e. The van der Waals surface area contributed by atoms with E-state index in [4.69, 9.17) is 23.2 Å². The van der Waals surface area contributed by atoms with Crippen LogP contribution in [0.5, 0.6) is 0 Å². The molecule has 0 radical (unpaired) electrons. The van der Waals surface area contributed by atoms with Crippen LogP contribution in [-0.4, -0.2) is 0 Å². The molecule has 1 aromatic carbocycles. The van der Waals surface area contributed by atoms with Gasteiger partial charge in [-0.2, -0.15) is 0 Å². The molecule has 3 heteroatoms. The van der Waals surface area contributed by atoms with Crippen LogP contribution in [0.15, 0.2) is 12.1 Å². The molecule has 0 aliphatic rings. The molecule has 0 fully saturated rings. The van der Waals surface area contributed by atoms with Gasteiger partial charge in [-0.3, -0.25) is 0 Å². The molecule has 0 atom stereocenters. The highest BCUT2D eigenvalue weighted by molar-refractivity contribution is 9.08. The molecule has 0 unspecified atom stereocenters. The maximum absolute atomic E-state index is 5.98. The number of hydrogen-bond donors (Lipinski definition) is 0. The Bertz CT molecular complexity index is 271. The normalized spacial score (nSPS) is 10.2. The summed E-state index contributed by atoms with van der Waals surface area (Å²) in [6, 6.07) is 3.78. The van der Waals surface area contributed by atoms with Gasteiger partial charge in [0.2, 0.25) is 0 Å². The van der Waals surface area contributed by atoms with Crippen LogP contribution in [0.4, 0.5) is 0 Å². The lowest BCUT2D eigenvalue weighted by Gasteiger charge is -2.04. The minimum atomic E-state index is 0.722. The molecule has 0 amide bonds. The summed E-state index contributed by atoms with van der Waals surface area (Å²) in [5, 5.41) is 2.25. The van der Waals surface area contributed by atoms with E-state index in [1.807, 2.05) is 19.1 Å². The van der Waals surface area contributed by atoms with Crippen LogP contribution in [-0.2, 0) is 5.33 Å². The molecule has 0 saturated heterocycles. The van der Waals surface area contributed by atoms with Gasteiger partial charge in [-0.05, 0) is 24.1 Å². The maximum Gasteiger partial charge on any atom is 0.0490 e. The summed E-state index contributed by atoms with van der Waals surface area (Å²) in [7, 11) is 0. The van der Waals surface area contributed by atoms with E-state index in [9.17, 15) is 0 Å². The van der Waals surface area contributed by atoms with Gasteiger partial charge in [0.15, 0.2) is 0 Å². The fraction of sp³-hybridized carbons (Fsp3) is 0.250. The van der Waals surface area contributed by atoms with Crippen molar-refractivity contribution in [1.82, 2.24) is 0 Å². The maximum atomic E-state index is 5.98. The SMILES string of the molecule is Cc1c(Cl)ccc(CBr)c1Cl. The summed E-state index contributed by atoms with van der Waals surface area (Å²) in [6.07, 6.45) is 0. The summed E-state index contributed by atoms with van der Waals surface area (Å²) < 4.78 is 0. The summed E-state index contributed by atoms with van der Waals surface area (Å²) >= 11 is 15.2. The third kappa shape index (κ3) is 1.90. The predicted molar refractivity (Wildman–Crippen MR) is 53.8 cm³/mol. The van der Waals surface area contributed by atoms with E-state index < -0.39 is 0 Å². The Morgan fingerprint density at radius 3 is 2.55 bits per heavy atom. The minimum Gasteiger partial charge on any atom is -0.0876 e. The van der Waals surface area contributed by atoms with Crippen LogP contribution >= 0.6 is 39.1 Å². The number of halogens is 3. The van der Waals surface area contributed by atoms with Crippen LogP contribution in [0.25, 0.3) is 0 Å². The highest BCUT2D eigenvalue weighted by Gasteiger charge is 2.04. The lowest BCUT2D eigenvalue weighted by atomic mass is 10.1. The third-order valence-electron chi connectivity index (χ3n) is 1.54. The summed E-state index contributed by atoms with van der Waals surface area (Å²) in [6.45, 7) is 1.91. The van der Waals surface area contributed by atoms with E-state index in [1.165, 1.54) is 0 Å². The average molecular weight is 254 g/mol. The minimum absolute atomic E-state index is 0.722. The Hall–Kier alpha value is 0.280. The molecule has 1 rings (SSSR count). The van der Waals surface area contributed by atoms with Crippen LogP contribution < -0.4 is 0 Å². The van der Waals surface area contributed by atoms with E-state index in [0.717, 1.165) is 26.5 Å². The van der Waals surface area contributed by atoms with Gasteiger partial charge >= 0.3 is 0 Å². The van der Waals surface area contributed by atoms with Gasteiger partial charge in [0.1, 0.15) is 0 Å². The van der Waals surface area contributed by atoms with Crippen LogP contribution in [0.2, 0.25) is 10.0 Å². The van der Waals surface area contributed by atoms with Gasteiger partial charge in [0, 0.05) is 15.4 Å². The molecule has 0 aliphatic heterocycles. The highest BCUT2D eigenvalue weighted by atomic mass is 79.9. The van der Waals surface area contributed by atoms with Gasteiger partial charge in [0.05, 0.1) is 0 Å². The first-order valence-corrected chi connectivity index (χ1v) is 5.04. The lowest BCUT2D eigenvalue weighted by Crippen LogP contribution is -1.84. The van der Waals surface area contributed by atoms with Crippen molar-refractivity contribution in [2.75, 3.05) is 0 Å². The van der Waals surface area contributed by atoms with Crippen molar-refractivity contribution in [3.63, 3.8) is 0 Å². The molecule has 60 valence electrons. The van der Waals surface area contributed by atoms with E-state index in [0.29, 0.717) is 0 Å². The second-order valence-corrected chi connectivity index (χ2v) is 3.63. The molecule has 0 saturated carbocycles. The molecule has 1 aromatic rings. The fourth-order valence-corrected chi connectivity index (χ4v) is 1.89. The van der Waals surface area contributed by atoms with Gasteiger partial charge in [-0.25, -0.2) is 0 Å². The second kappa shape index (κ2) is 3.79. The highest BCUT2D eigenvalue weighted by Crippen LogP contribution is 2.28. The Labute approximate surface area is 84.6 Å². The van der Waals surface area contributed by atoms with Gasteiger partial charge in [-0.1, -0.05) is 45.2 Å². The summed E-state index contributed by atoms with van der Waals surface area (Å²) in [5.74, 6) is 0. The van der Waals surface area contributed by atoms with Gasteiger partial charge in [0.25, 0.3) is 0 Å². The molecule has 0 aromatic heterocycles. The molecule has 0 nitrogen and oxygen atoms in total. The number of alkyl halides is 1. The van der Waals surface area contributed by atoms with Crippen LogP contribution in [0.3, 0.4) is 0 Å². The van der Waals surface area contributed by atoms with Gasteiger partial charge in [-0.15, -0.1) is 0 Å². The number of hydrogen-bond acceptors (Lipinski definition) is 0. The number of benzene rings is 1. The molecular formula is C8H7BrCl2. The zero-order chi connectivity index (χ0) is 8.43. The van der Waals surface area contributed by atoms with E-state index in [2.05, 4.69) is 15.9 Å². The van der Waals surface area contributed by atoms with E-state index >= 15 is 0 Å². The molecule has 0 aliphatic carbocycles.